The molecule has 0 aliphatic heterocycles. The molecule has 0 radical (unpaired) electrons. The molecule has 0 aliphatic rings. The van der Waals surface area contributed by atoms with E-state index in [1.165, 1.54) is 6.07 Å². The van der Waals surface area contributed by atoms with Crippen LogP contribution >= 0.6 is 11.6 Å². The molecular formula is C9H10ClN3. The predicted molar refractivity (Wildman–Crippen MR) is 51.2 cm³/mol. The second-order valence-electron chi connectivity index (χ2n) is 2.72. The molecule has 0 spiro atoms. The van der Waals surface area contributed by atoms with E-state index in [9.17, 15) is 0 Å². The zero-order chi connectivity index (χ0) is 9.84. The van der Waals surface area contributed by atoms with E-state index in [-0.39, 0.29) is 6.04 Å². The average molecular weight is 196 g/mol. The Morgan fingerprint density at radius 3 is 3.00 bits per heavy atom. The van der Waals surface area contributed by atoms with Gasteiger partial charge >= 0.3 is 0 Å². The molecule has 1 atom stereocenters. The van der Waals surface area contributed by atoms with Crippen molar-refractivity contribution in [2.45, 2.75) is 19.4 Å². The molecule has 0 amide bonds. The van der Waals surface area contributed by atoms with Crippen LogP contribution in [-0.2, 0) is 0 Å². The van der Waals surface area contributed by atoms with Crippen LogP contribution in [0.2, 0.25) is 5.15 Å². The highest BCUT2D eigenvalue weighted by Gasteiger charge is 2.09. The molecule has 3 nitrogen and oxygen atoms in total. The van der Waals surface area contributed by atoms with E-state index in [2.05, 4.69) is 4.98 Å². The first-order valence-corrected chi connectivity index (χ1v) is 4.38. The molecule has 0 saturated heterocycles. The number of hydrogen-bond acceptors (Lipinski definition) is 3. The smallest absolute Gasteiger partial charge is 0.130 e. The molecule has 1 aromatic heterocycles. The van der Waals surface area contributed by atoms with Gasteiger partial charge in [0.05, 0.1) is 11.6 Å². The van der Waals surface area contributed by atoms with Crippen molar-refractivity contribution >= 4 is 11.6 Å². The summed E-state index contributed by atoms with van der Waals surface area (Å²) in [5.41, 5.74) is 7.05. The standard InChI is InChI=1S/C9H10ClN3/c1-2-8(12)7-5-13-9(10)3-6(7)4-11/h3,5,8H,2,12H2,1H3/t8-/m0/s1. The number of pyridine rings is 1. The maximum absolute atomic E-state index is 8.80. The van der Waals surface area contributed by atoms with Gasteiger partial charge in [-0.3, -0.25) is 0 Å². The van der Waals surface area contributed by atoms with Crippen LogP contribution in [0.3, 0.4) is 0 Å². The molecule has 4 heteroatoms. The first kappa shape index (κ1) is 9.97. The second kappa shape index (κ2) is 4.22. The summed E-state index contributed by atoms with van der Waals surface area (Å²) >= 11 is 5.64. The lowest BCUT2D eigenvalue weighted by Crippen LogP contribution is -2.10. The van der Waals surface area contributed by atoms with Crippen molar-refractivity contribution in [1.29, 1.82) is 5.26 Å². The summed E-state index contributed by atoms with van der Waals surface area (Å²) in [5.74, 6) is 0. The van der Waals surface area contributed by atoms with Crippen molar-refractivity contribution in [3.05, 3.63) is 28.5 Å². The number of nitriles is 1. The monoisotopic (exact) mass is 195 g/mol. The van der Waals surface area contributed by atoms with Crippen LogP contribution in [0.25, 0.3) is 0 Å². The summed E-state index contributed by atoms with van der Waals surface area (Å²) in [6.07, 6.45) is 2.34. The number of hydrogen-bond donors (Lipinski definition) is 1. The first-order chi connectivity index (χ1) is 6.19. The highest BCUT2D eigenvalue weighted by Crippen LogP contribution is 2.19. The normalized spacial score (nSPS) is 12.2. The summed E-state index contributed by atoms with van der Waals surface area (Å²) in [6, 6.07) is 3.44. The third-order valence-corrected chi connectivity index (χ3v) is 2.07. The van der Waals surface area contributed by atoms with Crippen LogP contribution in [0.5, 0.6) is 0 Å². The highest BCUT2D eigenvalue weighted by molar-refractivity contribution is 6.29. The van der Waals surface area contributed by atoms with Crippen LogP contribution in [-0.4, -0.2) is 4.98 Å². The van der Waals surface area contributed by atoms with Gasteiger partial charge in [-0.05, 0) is 12.5 Å². The van der Waals surface area contributed by atoms with Gasteiger partial charge in [0.2, 0.25) is 0 Å². The summed E-state index contributed by atoms with van der Waals surface area (Å²) in [6.45, 7) is 1.96. The minimum atomic E-state index is -0.139. The molecule has 68 valence electrons. The fraction of sp³-hybridized carbons (Fsp3) is 0.333. The average Bonchev–Trinajstić information content (AvgIpc) is 2.16. The van der Waals surface area contributed by atoms with Crippen LogP contribution in [0.4, 0.5) is 0 Å². The van der Waals surface area contributed by atoms with Crippen molar-refractivity contribution < 1.29 is 0 Å². The van der Waals surface area contributed by atoms with Gasteiger partial charge in [-0.15, -0.1) is 0 Å². The van der Waals surface area contributed by atoms with E-state index in [0.29, 0.717) is 10.7 Å². The van der Waals surface area contributed by atoms with Gasteiger partial charge in [0, 0.05) is 17.8 Å². The first-order valence-electron chi connectivity index (χ1n) is 4.00. The van der Waals surface area contributed by atoms with Gasteiger partial charge in [0.1, 0.15) is 5.15 Å². The molecule has 13 heavy (non-hydrogen) atoms. The number of halogens is 1. The second-order valence-corrected chi connectivity index (χ2v) is 3.11. The van der Waals surface area contributed by atoms with E-state index in [1.54, 1.807) is 6.20 Å². The summed E-state index contributed by atoms with van der Waals surface area (Å²) in [4.78, 5) is 3.89. The maximum atomic E-state index is 8.80. The van der Waals surface area contributed by atoms with Crippen molar-refractivity contribution in [3.63, 3.8) is 0 Å². The summed E-state index contributed by atoms with van der Waals surface area (Å²) < 4.78 is 0. The van der Waals surface area contributed by atoms with E-state index < -0.39 is 0 Å². The Kier molecular flexibility index (Phi) is 3.24. The fourth-order valence-electron chi connectivity index (χ4n) is 1.05. The lowest BCUT2D eigenvalue weighted by molar-refractivity contribution is 0.693. The number of nitrogens with zero attached hydrogens (tertiary/aromatic N) is 2. The van der Waals surface area contributed by atoms with Gasteiger partial charge < -0.3 is 5.73 Å². The van der Waals surface area contributed by atoms with Gasteiger partial charge in [0.25, 0.3) is 0 Å². The number of nitrogens with two attached hydrogens (primary N) is 1. The van der Waals surface area contributed by atoms with Crippen molar-refractivity contribution in [2.75, 3.05) is 0 Å². The zero-order valence-electron chi connectivity index (χ0n) is 7.29. The van der Waals surface area contributed by atoms with E-state index in [1.807, 2.05) is 13.0 Å². The van der Waals surface area contributed by atoms with E-state index in [0.717, 1.165) is 12.0 Å². The Morgan fingerprint density at radius 1 is 1.77 bits per heavy atom. The molecule has 0 unspecified atom stereocenters. The van der Waals surface area contributed by atoms with Crippen molar-refractivity contribution in [3.8, 4) is 6.07 Å². The lowest BCUT2D eigenvalue weighted by atomic mass is 10.0. The molecule has 0 bridgehead atoms. The predicted octanol–water partition coefficient (Wildman–Crippen LogP) is 2.02. The molecule has 2 N–H and O–H groups in total. The Morgan fingerprint density at radius 2 is 2.46 bits per heavy atom. The van der Waals surface area contributed by atoms with Crippen molar-refractivity contribution in [1.82, 2.24) is 4.98 Å². The van der Waals surface area contributed by atoms with E-state index >= 15 is 0 Å². The topological polar surface area (TPSA) is 62.7 Å². The Bertz CT molecular complexity index is 343. The van der Waals surface area contributed by atoms with Gasteiger partial charge in [-0.25, -0.2) is 4.98 Å². The number of aromatic nitrogens is 1. The molecular weight excluding hydrogens is 186 g/mol. The molecule has 1 heterocycles. The molecule has 1 rings (SSSR count). The molecule has 1 aromatic rings. The highest BCUT2D eigenvalue weighted by atomic mass is 35.5. The Labute approximate surface area is 82.1 Å². The number of rotatable bonds is 2. The summed E-state index contributed by atoms with van der Waals surface area (Å²) in [7, 11) is 0. The van der Waals surface area contributed by atoms with Crippen molar-refractivity contribution in [2.24, 2.45) is 5.73 Å². The SMILES string of the molecule is CC[C@H](N)c1cnc(Cl)cc1C#N. The van der Waals surface area contributed by atoms with Gasteiger partial charge in [-0.2, -0.15) is 5.26 Å². The summed E-state index contributed by atoms with van der Waals surface area (Å²) in [5, 5.41) is 9.12. The molecule has 0 fully saturated rings. The Balaban J connectivity index is 3.15. The fourth-order valence-corrected chi connectivity index (χ4v) is 1.21. The van der Waals surface area contributed by atoms with Crippen LogP contribution in [0.15, 0.2) is 12.3 Å². The van der Waals surface area contributed by atoms with Gasteiger partial charge in [-0.1, -0.05) is 18.5 Å². The zero-order valence-corrected chi connectivity index (χ0v) is 8.04. The maximum Gasteiger partial charge on any atom is 0.130 e. The van der Waals surface area contributed by atoms with Crippen LogP contribution in [0, 0.1) is 11.3 Å². The van der Waals surface area contributed by atoms with Crippen LogP contribution in [0.1, 0.15) is 30.5 Å². The lowest BCUT2D eigenvalue weighted by Gasteiger charge is -2.09. The third-order valence-electron chi connectivity index (χ3n) is 1.86. The minimum Gasteiger partial charge on any atom is -0.324 e. The molecule has 0 saturated carbocycles. The quantitative estimate of drug-likeness (QED) is 0.735. The van der Waals surface area contributed by atoms with Gasteiger partial charge in [0.15, 0.2) is 0 Å². The largest absolute Gasteiger partial charge is 0.324 e. The molecule has 0 aliphatic carbocycles. The third kappa shape index (κ3) is 2.18. The van der Waals surface area contributed by atoms with Crippen LogP contribution < -0.4 is 5.73 Å². The van der Waals surface area contributed by atoms with E-state index in [4.69, 9.17) is 22.6 Å². The minimum absolute atomic E-state index is 0.139. The molecule has 0 aromatic carbocycles. The Hall–Kier alpha value is -1.11.